The largest absolute Gasteiger partial charge is 0.394 e. The second kappa shape index (κ2) is 9.73. The molecule has 1 aromatic carbocycles. The van der Waals surface area contributed by atoms with E-state index in [1.165, 1.54) is 11.3 Å². The number of hydrogen-bond donors (Lipinski definition) is 2. The van der Waals surface area contributed by atoms with Crippen LogP contribution in [0.3, 0.4) is 0 Å². The molecule has 0 spiro atoms. The minimum atomic E-state index is 0.100. The van der Waals surface area contributed by atoms with E-state index in [-0.39, 0.29) is 6.61 Å². The molecule has 0 radical (unpaired) electrons. The summed E-state index contributed by atoms with van der Waals surface area (Å²) in [5.74, 6) is 0. The normalized spacial score (nSPS) is 15.4. The first-order valence-electron chi connectivity index (χ1n) is 7.71. The summed E-state index contributed by atoms with van der Waals surface area (Å²) in [6.45, 7) is 6.63. The maximum atomic E-state index is 8.58. The van der Waals surface area contributed by atoms with Gasteiger partial charge in [-0.05, 0) is 30.7 Å². The van der Waals surface area contributed by atoms with Gasteiger partial charge in [-0.25, -0.2) is 0 Å². The van der Waals surface area contributed by atoms with Gasteiger partial charge in [-0.2, -0.15) is 0 Å². The molecule has 1 saturated heterocycles. The number of anilines is 1. The molecule has 1 aromatic rings. The van der Waals surface area contributed by atoms with Gasteiger partial charge in [-0.3, -0.25) is 0 Å². The van der Waals surface area contributed by atoms with Crippen LogP contribution in [0.5, 0.6) is 0 Å². The number of hydrogen-bond acceptors (Lipinski definition) is 5. The predicted molar refractivity (Wildman–Crippen MR) is 83.7 cm³/mol. The number of nitrogens with zero attached hydrogens (tertiary/aromatic N) is 1. The average Bonchev–Trinajstić information content (AvgIpc) is 2.55. The highest BCUT2D eigenvalue weighted by Crippen LogP contribution is 2.16. The fourth-order valence-electron chi connectivity index (χ4n) is 2.34. The zero-order chi connectivity index (χ0) is 14.8. The molecule has 2 rings (SSSR count). The van der Waals surface area contributed by atoms with Crippen LogP contribution >= 0.6 is 0 Å². The molecule has 1 aliphatic rings. The molecular formula is C16H26N2O3. The van der Waals surface area contributed by atoms with Crippen molar-refractivity contribution in [3.63, 3.8) is 0 Å². The van der Waals surface area contributed by atoms with Gasteiger partial charge >= 0.3 is 0 Å². The van der Waals surface area contributed by atoms with E-state index in [2.05, 4.69) is 34.5 Å². The molecular weight excluding hydrogens is 268 g/mol. The zero-order valence-electron chi connectivity index (χ0n) is 12.6. The number of ether oxygens (including phenoxy) is 2. The lowest BCUT2D eigenvalue weighted by atomic mass is 10.2. The molecule has 5 nitrogen and oxygen atoms in total. The smallest absolute Gasteiger partial charge is 0.0697 e. The fraction of sp³-hybridized carbons (Fsp3) is 0.625. The Balaban J connectivity index is 1.63. The fourth-order valence-corrected chi connectivity index (χ4v) is 2.34. The van der Waals surface area contributed by atoms with Crippen molar-refractivity contribution in [1.29, 1.82) is 0 Å². The van der Waals surface area contributed by atoms with Crippen molar-refractivity contribution >= 4 is 5.69 Å². The summed E-state index contributed by atoms with van der Waals surface area (Å²) in [6.07, 6.45) is 0.964. The molecule has 0 saturated carbocycles. The summed E-state index contributed by atoms with van der Waals surface area (Å²) in [6, 6.07) is 8.74. The minimum absolute atomic E-state index is 0.100. The Morgan fingerprint density at radius 1 is 1.14 bits per heavy atom. The van der Waals surface area contributed by atoms with Crippen molar-refractivity contribution in [2.24, 2.45) is 0 Å². The molecule has 1 fully saturated rings. The van der Waals surface area contributed by atoms with Gasteiger partial charge in [0.25, 0.3) is 0 Å². The second-order valence-corrected chi connectivity index (χ2v) is 5.13. The molecule has 0 amide bonds. The number of aliphatic hydroxyl groups is 1. The van der Waals surface area contributed by atoms with Gasteiger partial charge in [0.1, 0.15) is 0 Å². The molecule has 0 atom stereocenters. The Labute approximate surface area is 126 Å². The first-order chi connectivity index (χ1) is 10.4. The van der Waals surface area contributed by atoms with Crippen molar-refractivity contribution in [2.45, 2.75) is 13.0 Å². The Bertz CT molecular complexity index is 378. The van der Waals surface area contributed by atoms with E-state index in [1.54, 1.807) is 0 Å². The Morgan fingerprint density at radius 3 is 2.62 bits per heavy atom. The highest BCUT2D eigenvalue weighted by atomic mass is 16.5. The van der Waals surface area contributed by atoms with E-state index in [9.17, 15) is 0 Å². The molecule has 5 heteroatoms. The van der Waals surface area contributed by atoms with Crippen molar-refractivity contribution in [3.05, 3.63) is 29.8 Å². The first kappa shape index (κ1) is 16.2. The lowest BCUT2D eigenvalue weighted by Gasteiger charge is -2.28. The highest BCUT2D eigenvalue weighted by Gasteiger charge is 2.10. The van der Waals surface area contributed by atoms with Gasteiger partial charge in [-0.15, -0.1) is 0 Å². The molecule has 1 heterocycles. The highest BCUT2D eigenvalue weighted by molar-refractivity contribution is 5.47. The maximum absolute atomic E-state index is 8.58. The van der Waals surface area contributed by atoms with Gasteiger partial charge in [0.05, 0.1) is 26.4 Å². The molecule has 0 bridgehead atoms. The van der Waals surface area contributed by atoms with Crippen LogP contribution in [0, 0.1) is 0 Å². The van der Waals surface area contributed by atoms with Crippen LogP contribution in [0.4, 0.5) is 5.69 Å². The molecule has 0 unspecified atom stereocenters. The second-order valence-electron chi connectivity index (χ2n) is 5.13. The van der Waals surface area contributed by atoms with E-state index in [1.807, 2.05) is 0 Å². The average molecular weight is 294 g/mol. The van der Waals surface area contributed by atoms with Gasteiger partial charge in [0, 0.05) is 31.9 Å². The molecule has 21 heavy (non-hydrogen) atoms. The van der Waals surface area contributed by atoms with E-state index in [0.29, 0.717) is 13.2 Å². The maximum Gasteiger partial charge on any atom is 0.0697 e. The predicted octanol–water partition coefficient (Wildman–Crippen LogP) is 1.01. The number of benzene rings is 1. The number of aliphatic hydroxyl groups excluding tert-OH is 1. The van der Waals surface area contributed by atoms with Gasteiger partial charge in [-0.1, -0.05) is 12.1 Å². The summed E-state index contributed by atoms with van der Waals surface area (Å²) in [5.41, 5.74) is 2.57. The van der Waals surface area contributed by atoms with Gasteiger partial charge in [0.15, 0.2) is 0 Å². The van der Waals surface area contributed by atoms with Crippen molar-refractivity contribution < 1.29 is 14.6 Å². The topological polar surface area (TPSA) is 54.0 Å². The lowest BCUT2D eigenvalue weighted by molar-refractivity contribution is 0.0907. The standard InChI is InChI=1S/C16H26N2O3/c19-9-13-20-10-1-6-17-14-15-2-4-16(5-3-15)18-7-11-21-12-8-18/h2-5,17,19H,1,6-14H2. The summed E-state index contributed by atoms with van der Waals surface area (Å²) >= 11 is 0. The van der Waals surface area contributed by atoms with Crippen molar-refractivity contribution in [1.82, 2.24) is 5.32 Å². The van der Waals surface area contributed by atoms with Crippen LogP contribution in [0.25, 0.3) is 0 Å². The quantitative estimate of drug-likeness (QED) is 0.666. The third kappa shape index (κ3) is 6.01. The van der Waals surface area contributed by atoms with Gasteiger partial charge < -0.3 is 24.8 Å². The molecule has 1 aliphatic heterocycles. The minimum Gasteiger partial charge on any atom is -0.394 e. The van der Waals surface area contributed by atoms with Crippen LogP contribution in [0.1, 0.15) is 12.0 Å². The van der Waals surface area contributed by atoms with E-state index >= 15 is 0 Å². The van der Waals surface area contributed by atoms with Crippen molar-refractivity contribution in [3.8, 4) is 0 Å². The van der Waals surface area contributed by atoms with Crippen LogP contribution in [0.15, 0.2) is 24.3 Å². The Hall–Kier alpha value is -1.14. The number of nitrogens with one attached hydrogen (secondary N) is 1. The Kier molecular flexibility index (Phi) is 7.53. The number of rotatable bonds is 9. The van der Waals surface area contributed by atoms with E-state index < -0.39 is 0 Å². The van der Waals surface area contributed by atoms with Crippen LogP contribution < -0.4 is 10.2 Å². The van der Waals surface area contributed by atoms with Crippen LogP contribution in [0.2, 0.25) is 0 Å². The first-order valence-corrected chi connectivity index (χ1v) is 7.71. The third-order valence-corrected chi connectivity index (χ3v) is 3.52. The van der Waals surface area contributed by atoms with E-state index in [4.69, 9.17) is 14.6 Å². The summed E-state index contributed by atoms with van der Waals surface area (Å²) in [5, 5.41) is 12.0. The van der Waals surface area contributed by atoms with Crippen molar-refractivity contribution in [2.75, 3.05) is 57.6 Å². The molecule has 118 valence electrons. The SMILES string of the molecule is OCCOCCCNCc1ccc(N2CCOCC2)cc1. The molecule has 2 N–H and O–H groups in total. The van der Waals surface area contributed by atoms with E-state index in [0.717, 1.165) is 45.8 Å². The summed E-state index contributed by atoms with van der Waals surface area (Å²) in [4.78, 5) is 2.36. The molecule has 0 aromatic heterocycles. The summed E-state index contributed by atoms with van der Waals surface area (Å²) < 4.78 is 10.6. The van der Waals surface area contributed by atoms with Crippen LogP contribution in [-0.2, 0) is 16.0 Å². The Morgan fingerprint density at radius 2 is 1.90 bits per heavy atom. The molecule has 0 aliphatic carbocycles. The monoisotopic (exact) mass is 294 g/mol. The zero-order valence-corrected chi connectivity index (χ0v) is 12.6. The van der Waals surface area contributed by atoms with Crippen LogP contribution in [-0.4, -0.2) is 57.8 Å². The van der Waals surface area contributed by atoms with Gasteiger partial charge in [0.2, 0.25) is 0 Å². The lowest BCUT2D eigenvalue weighted by Crippen LogP contribution is -2.36. The third-order valence-electron chi connectivity index (χ3n) is 3.52. The number of morpholine rings is 1. The summed E-state index contributed by atoms with van der Waals surface area (Å²) in [7, 11) is 0.